The highest BCUT2D eigenvalue weighted by Gasteiger charge is 2.15. The van der Waals surface area contributed by atoms with Gasteiger partial charge in [0.25, 0.3) is 0 Å². The molecule has 5 heteroatoms. The first-order valence-corrected chi connectivity index (χ1v) is 11.1. The van der Waals surface area contributed by atoms with E-state index in [9.17, 15) is 0 Å². The molecular formula is C27H24N4S. The van der Waals surface area contributed by atoms with E-state index in [2.05, 4.69) is 110 Å². The smallest absolute Gasteiger partial charge is 0.216 e. The fourth-order valence-corrected chi connectivity index (χ4v) is 4.19. The first kappa shape index (κ1) is 20.3. The summed E-state index contributed by atoms with van der Waals surface area (Å²) in [6.45, 7) is 6.62. The van der Waals surface area contributed by atoms with Crippen LogP contribution in [0.2, 0.25) is 0 Å². The van der Waals surface area contributed by atoms with E-state index in [0.29, 0.717) is 10.6 Å². The highest BCUT2D eigenvalue weighted by molar-refractivity contribution is 7.71. The quantitative estimate of drug-likeness (QED) is 0.186. The van der Waals surface area contributed by atoms with Gasteiger partial charge in [0, 0.05) is 11.1 Å². The van der Waals surface area contributed by atoms with E-state index < -0.39 is 0 Å². The van der Waals surface area contributed by atoms with Crippen LogP contribution in [-0.4, -0.2) is 21.1 Å². The highest BCUT2D eigenvalue weighted by atomic mass is 32.1. The zero-order valence-corrected chi connectivity index (χ0v) is 19.1. The molecule has 4 aromatic carbocycles. The lowest BCUT2D eigenvalue weighted by atomic mass is 9.87. The normalized spacial score (nSPS) is 12.2. The number of hydrogen-bond acceptors (Lipinski definition) is 3. The summed E-state index contributed by atoms with van der Waals surface area (Å²) in [5, 5.41) is 16.8. The molecule has 158 valence electrons. The lowest BCUT2D eigenvalue weighted by Gasteiger charge is -2.18. The Morgan fingerprint density at radius 2 is 1.47 bits per heavy atom. The van der Waals surface area contributed by atoms with Crippen molar-refractivity contribution in [2.75, 3.05) is 0 Å². The number of aromatic amines is 1. The molecule has 0 atom stereocenters. The van der Waals surface area contributed by atoms with Gasteiger partial charge >= 0.3 is 0 Å². The summed E-state index contributed by atoms with van der Waals surface area (Å²) >= 11 is 5.50. The van der Waals surface area contributed by atoms with E-state index in [1.165, 1.54) is 16.3 Å². The lowest BCUT2D eigenvalue weighted by Crippen LogP contribution is -2.10. The van der Waals surface area contributed by atoms with Crippen LogP contribution in [0.4, 0.5) is 0 Å². The first-order valence-electron chi connectivity index (χ1n) is 10.6. The second kappa shape index (κ2) is 7.84. The number of rotatable bonds is 3. The van der Waals surface area contributed by atoms with Crippen LogP contribution in [0.3, 0.4) is 0 Å². The van der Waals surface area contributed by atoms with E-state index in [4.69, 9.17) is 17.3 Å². The maximum Gasteiger partial charge on any atom is 0.216 e. The van der Waals surface area contributed by atoms with Crippen LogP contribution in [0.1, 0.15) is 31.9 Å². The number of fused-ring (bicyclic) bond motifs is 2. The third kappa shape index (κ3) is 3.65. The van der Waals surface area contributed by atoms with Gasteiger partial charge in [-0.1, -0.05) is 93.6 Å². The standard InChI is InChI=1S/C27H24N4S/c1-27(2,3)21-14-12-18(13-15-21)25-29-30-26(32)31(25)28-17-24-22-10-6-4-8-19(22)16-20-9-5-7-11-23(20)24/h4-17H,1-3H3,(H,30,32)/b28-17-. The number of nitrogens with zero attached hydrogens (tertiary/aromatic N) is 3. The molecular weight excluding hydrogens is 412 g/mol. The van der Waals surface area contributed by atoms with Gasteiger partial charge in [-0.3, -0.25) is 0 Å². The molecule has 0 radical (unpaired) electrons. The third-order valence-corrected chi connectivity index (χ3v) is 6.04. The van der Waals surface area contributed by atoms with E-state index >= 15 is 0 Å². The van der Waals surface area contributed by atoms with Crippen LogP contribution in [-0.2, 0) is 5.41 Å². The average molecular weight is 437 g/mol. The summed E-state index contributed by atoms with van der Waals surface area (Å²) in [7, 11) is 0. The molecule has 0 fully saturated rings. The Morgan fingerprint density at radius 3 is 2.06 bits per heavy atom. The molecule has 5 aromatic rings. The van der Waals surface area contributed by atoms with Crippen molar-refractivity contribution in [1.29, 1.82) is 0 Å². The number of hydrogen-bond donors (Lipinski definition) is 1. The monoisotopic (exact) mass is 436 g/mol. The van der Waals surface area contributed by atoms with Crippen molar-refractivity contribution in [3.8, 4) is 11.4 Å². The van der Waals surface area contributed by atoms with Gasteiger partial charge in [0.05, 0.1) is 6.21 Å². The topological polar surface area (TPSA) is 46.0 Å². The Balaban J connectivity index is 1.63. The fraction of sp³-hybridized carbons (Fsp3) is 0.148. The molecule has 5 rings (SSSR count). The lowest BCUT2D eigenvalue weighted by molar-refractivity contribution is 0.590. The van der Waals surface area contributed by atoms with Crippen molar-refractivity contribution in [1.82, 2.24) is 14.9 Å². The van der Waals surface area contributed by atoms with Gasteiger partial charge in [-0.2, -0.15) is 14.9 Å². The molecule has 0 aliphatic heterocycles. The van der Waals surface area contributed by atoms with Gasteiger partial charge in [0.2, 0.25) is 4.77 Å². The predicted molar refractivity (Wildman–Crippen MR) is 136 cm³/mol. The Bertz CT molecular complexity index is 1460. The number of nitrogens with one attached hydrogen (secondary N) is 1. The van der Waals surface area contributed by atoms with Crippen molar-refractivity contribution < 1.29 is 0 Å². The maximum atomic E-state index is 5.50. The molecule has 0 saturated heterocycles. The van der Waals surface area contributed by atoms with Crippen molar-refractivity contribution in [2.45, 2.75) is 26.2 Å². The molecule has 0 unspecified atom stereocenters. The van der Waals surface area contributed by atoms with Crippen molar-refractivity contribution in [2.24, 2.45) is 5.10 Å². The van der Waals surface area contributed by atoms with Crippen molar-refractivity contribution in [3.05, 3.63) is 94.8 Å². The van der Waals surface area contributed by atoms with Gasteiger partial charge in [0.15, 0.2) is 5.82 Å². The minimum Gasteiger partial charge on any atom is -0.250 e. The van der Waals surface area contributed by atoms with Crippen molar-refractivity contribution in [3.63, 3.8) is 0 Å². The van der Waals surface area contributed by atoms with E-state index in [-0.39, 0.29) is 5.41 Å². The summed E-state index contributed by atoms with van der Waals surface area (Å²) < 4.78 is 2.15. The average Bonchev–Trinajstić information content (AvgIpc) is 3.16. The SMILES string of the molecule is CC(C)(C)c1ccc(-c2n[nH]c(=S)n2/N=C\c2c3ccccc3cc3ccccc23)cc1. The van der Waals surface area contributed by atoms with E-state index in [1.807, 2.05) is 6.21 Å². The second-order valence-electron chi connectivity index (χ2n) is 8.97. The first-order chi connectivity index (χ1) is 15.4. The Morgan fingerprint density at radius 1 is 0.875 bits per heavy atom. The molecule has 0 bridgehead atoms. The maximum absolute atomic E-state index is 5.50. The van der Waals surface area contributed by atoms with Crippen LogP contribution >= 0.6 is 12.2 Å². The Hall–Kier alpha value is -3.57. The van der Waals surface area contributed by atoms with Gasteiger partial charge < -0.3 is 0 Å². The molecule has 0 amide bonds. The van der Waals surface area contributed by atoms with Crippen LogP contribution < -0.4 is 0 Å². The molecule has 32 heavy (non-hydrogen) atoms. The molecule has 0 aliphatic rings. The second-order valence-corrected chi connectivity index (χ2v) is 9.36. The number of aromatic nitrogens is 3. The minimum atomic E-state index is 0.0941. The summed E-state index contributed by atoms with van der Waals surface area (Å²) in [6, 6.07) is 27.4. The van der Waals surface area contributed by atoms with Crippen LogP contribution in [0.5, 0.6) is 0 Å². The van der Waals surface area contributed by atoms with Crippen LogP contribution in [0.15, 0.2) is 84.0 Å². The highest BCUT2D eigenvalue weighted by Crippen LogP contribution is 2.28. The third-order valence-electron chi connectivity index (χ3n) is 5.77. The number of benzene rings is 4. The van der Waals surface area contributed by atoms with Gasteiger partial charge in [-0.15, -0.1) is 0 Å². The van der Waals surface area contributed by atoms with Gasteiger partial charge in [-0.25, -0.2) is 5.10 Å². The molecule has 4 nitrogen and oxygen atoms in total. The molecule has 0 saturated carbocycles. The summed E-state index contributed by atoms with van der Waals surface area (Å²) in [5.41, 5.74) is 3.39. The summed E-state index contributed by atoms with van der Waals surface area (Å²) in [5.74, 6) is 0.691. The zero-order valence-electron chi connectivity index (χ0n) is 18.3. The molecule has 1 heterocycles. The predicted octanol–water partition coefficient (Wildman–Crippen LogP) is 7.09. The fourth-order valence-electron chi connectivity index (χ4n) is 4.01. The van der Waals surface area contributed by atoms with Crippen molar-refractivity contribution >= 4 is 40.0 Å². The van der Waals surface area contributed by atoms with Crippen LogP contribution in [0.25, 0.3) is 32.9 Å². The van der Waals surface area contributed by atoms with E-state index in [0.717, 1.165) is 21.9 Å². The summed E-state index contributed by atoms with van der Waals surface area (Å²) in [6.07, 6.45) is 1.89. The molecule has 0 spiro atoms. The minimum absolute atomic E-state index is 0.0941. The largest absolute Gasteiger partial charge is 0.250 e. The Kier molecular flexibility index (Phi) is 4.98. The molecule has 1 aromatic heterocycles. The Labute approximate surface area is 192 Å². The van der Waals surface area contributed by atoms with Crippen LogP contribution in [0, 0.1) is 4.77 Å². The van der Waals surface area contributed by atoms with Gasteiger partial charge in [0.1, 0.15) is 0 Å². The van der Waals surface area contributed by atoms with Gasteiger partial charge in [-0.05, 0) is 50.8 Å². The summed E-state index contributed by atoms with van der Waals surface area (Å²) in [4.78, 5) is 0. The molecule has 0 aliphatic carbocycles. The van der Waals surface area contributed by atoms with E-state index in [1.54, 1.807) is 4.68 Å². The number of H-pyrrole nitrogens is 1. The zero-order chi connectivity index (χ0) is 22.3. The molecule has 1 N–H and O–H groups in total.